The molecule has 166 valence electrons. The van der Waals surface area contributed by atoms with Crippen LogP contribution >= 0.6 is 15.9 Å². The number of carbonyl (C=O) groups excluding carboxylic acids is 3. The molecule has 1 aromatic carbocycles. The quantitative estimate of drug-likeness (QED) is 0.458. The Morgan fingerprint density at radius 2 is 1.94 bits per heavy atom. The number of halogens is 1. The molecular weight excluding hydrogens is 468 g/mol. The van der Waals surface area contributed by atoms with Crippen molar-refractivity contribution in [2.24, 2.45) is 5.73 Å². The molecule has 0 amide bonds. The molecule has 1 unspecified atom stereocenters. The fourth-order valence-corrected chi connectivity index (χ4v) is 4.27. The van der Waals surface area contributed by atoms with Gasteiger partial charge in [0, 0.05) is 22.1 Å². The summed E-state index contributed by atoms with van der Waals surface area (Å²) in [5, 5.41) is 2.95. The van der Waals surface area contributed by atoms with E-state index in [1.165, 1.54) is 0 Å². The number of anilines is 1. The van der Waals surface area contributed by atoms with Crippen molar-refractivity contribution in [3.63, 3.8) is 0 Å². The van der Waals surface area contributed by atoms with E-state index in [9.17, 15) is 14.4 Å². The van der Waals surface area contributed by atoms with Gasteiger partial charge in [-0.3, -0.25) is 0 Å². The maximum Gasteiger partial charge on any atom is 0.339 e. The summed E-state index contributed by atoms with van der Waals surface area (Å²) < 4.78 is 17.0. The molecule has 0 saturated carbocycles. The fraction of sp³-hybridized carbons (Fsp3) is 0.409. The summed E-state index contributed by atoms with van der Waals surface area (Å²) in [6.07, 6.45) is 0.442. The van der Waals surface area contributed by atoms with Gasteiger partial charge in [0.15, 0.2) is 5.41 Å². The van der Waals surface area contributed by atoms with Crippen LogP contribution in [0.2, 0.25) is 0 Å². The minimum atomic E-state index is -1.91. The highest BCUT2D eigenvalue weighted by molar-refractivity contribution is 9.10. The summed E-state index contributed by atoms with van der Waals surface area (Å²) >= 11 is 3.41. The fourth-order valence-electron chi connectivity index (χ4n) is 3.91. The van der Waals surface area contributed by atoms with Crippen molar-refractivity contribution in [1.29, 1.82) is 0 Å². The summed E-state index contributed by atoms with van der Waals surface area (Å²) in [4.78, 5) is 40.0. The summed E-state index contributed by atoms with van der Waals surface area (Å²) in [6.45, 7) is 6.99. The van der Waals surface area contributed by atoms with E-state index < -0.39 is 29.4 Å². The highest BCUT2D eigenvalue weighted by Crippen LogP contribution is 2.53. The van der Waals surface area contributed by atoms with Gasteiger partial charge < -0.3 is 25.3 Å². The van der Waals surface area contributed by atoms with Crippen molar-refractivity contribution >= 4 is 39.5 Å². The van der Waals surface area contributed by atoms with Gasteiger partial charge in [-0.2, -0.15) is 0 Å². The summed E-state index contributed by atoms with van der Waals surface area (Å²) in [7, 11) is 0. The highest BCUT2D eigenvalue weighted by atomic mass is 79.9. The SMILES string of the molecule is CCCC1=C(C(=O)OCC)C2(C(=O)O1)C(C(=O)OC(C)C)=C(N)Nc1ccc(Br)cc12. The number of hydrogen-bond acceptors (Lipinski definition) is 8. The average molecular weight is 493 g/mol. The molecule has 2 heterocycles. The smallest absolute Gasteiger partial charge is 0.339 e. The van der Waals surface area contributed by atoms with Crippen molar-refractivity contribution in [2.45, 2.75) is 52.1 Å². The highest BCUT2D eigenvalue weighted by Gasteiger charge is 2.63. The second kappa shape index (κ2) is 8.74. The Labute approximate surface area is 188 Å². The second-order valence-electron chi connectivity index (χ2n) is 7.47. The average Bonchev–Trinajstić information content (AvgIpc) is 2.95. The number of nitrogens with one attached hydrogen (secondary N) is 1. The first kappa shape index (κ1) is 22.9. The molecule has 0 radical (unpaired) electrons. The van der Waals surface area contributed by atoms with Crippen molar-refractivity contribution in [3.8, 4) is 0 Å². The van der Waals surface area contributed by atoms with Gasteiger partial charge in [0.25, 0.3) is 0 Å². The number of ether oxygens (including phenoxy) is 3. The summed E-state index contributed by atoms with van der Waals surface area (Å²) in [5.41, 5.74) is 4.94. The van der Waals surface area contributed by atoms with E-state index in [4.69, 9.17) is 19.9 Å². The molecule has 8 nitrogen and oxygen atoms in total. The predicted molar refractivity (Wildman–Crippen MR) is 117 cm³/mol. The van der Waals surface area contributed by atoms with E-state index >= 15 is 0 Å². The van der Waals surface area contributed by atoms with E-state index in [1.807, 2.05) is 6.92 Å². The summed E-state index contributed by atoms with van der Waals surface area (Å²) in [5.74, 6) is -2.27. The number of cyclic esters (lactones) is 1. The van der Waals surface area contributed by atoms with E-state index in [0.29, 0.717) is 28.6 Å². The van der Waals surface area contributed by atoms with E-state index in [2.05, 4.69) is 21.2 Å². The zero-order valence-electron chi connectivity index (χ0n) is 17.8. The van der Waals surface area contributed by atoms with Gasteiger partial charge in [-0.15, -0.1) is 0 Å². The lowest BCUT2D eigenvalue weighted by atomic mass is 9.66. The molecule has 31 heavy (non-hydrogen) atoms. The van der Waals surface area contributed by atoms with Crippen LogP contribution in [-0.4, -0.2) is 30.6 Å². The molecule has 3 N–H and O–H groups in total. The van der Waals surface area contributed by atoms with Gasteiger partial charge in [-0.25, -0.2) is 14.4 Å². The van der Waals surface area contributed by atoms with Crippen molar-refractivity contribution < 1.29 is 28.6 Å². The van der Waals surface area contributed by atoms with Crippen LogP contribution in [0, 0.1) is 0 Å². The van der Waals surface area contributed by atoms with Crippen LogP contribution in [0.4, 0.5) is 5.69 Å². The standard InChI is InChI=1S/C22H25BrN2O6/c1-5-7-15-16(19(26)29-6-2)22(21(28)31-15)13-10-12(23)8-9-14(13)25-18(24)17(22)20(27)30-11(3)4/h8-11,25H,5-7,24H2,1-4H3. The molecule has 2 aliphatic rings. The van der Waals surface area contributed by atoms with Crippen molar-refractivity contribution in [2.75, 3.05) is 11.9 Å². The van der Waals surface area contributed by atoms with Crippen LogP contribution in [0.5, 0.6) is 0 Å². The van der Waals surface area contributed by atoms with Crippen LogP contribution in [0.15, 0.2) is 45.4 Å². The van der Waals surface area contributed by atoms with Gasteiger partial charge in [0.1, 0.15) is 22.7 Å². The zero-order valence-corrected chi connectivity index (χ0v) is 19.4. The Balaban J connectivity index is 2.42. The van der Waals surface area contributed by atoms with Crippen molar-refractivity contribution in [3.05, 3.63) is 51.0 Å². The lowest BCUT2D eigenvalue weighted by molar-refractivity contribution is -0.149. The molecule has 0 fully saturated rings. The molecule has 0 aliphatic carbocycles. The number of rotatable bonds is 6. The number of nitrogens with two attached hydrogens (primary N) is 1. The first-order valence-electron chi connectivity index (χ1n) is 10.1. The first-order chi connectivity index (χ1) is 14.7. The lowest BCUT2D eigenvalue weighted by Crippen LogP contribution is -2.48. The monoisotopic (exact) mass is 492 g/mol. The number of fused-ring (bicyclic) bond motifs is 2. The Morgan fingerprint density at radius 1 is 1.23 bits per heavy atom. The zero-order chi connectivity index (χ0) is 22.9. The van der Waals surface area contributed by atoms with Crippen molar-refractivity contribution in [1.82, 2.24) is 0 Å². The summed E-state index contributed by atoms with van der Waals surface area (Å²) in [6, 6.07) is 5.12. The molecule has 1 spiro atoms. The van der Waals surface area contributed by atoms with Crippen LogP contribution in [0.25, 0.3) is 0 Å². The van der Waals surface area contributed by atoms with Crippen LogP contribution in [0.1, 0.15) is 46.1 Å². The second-order valence-corrected chi connectivity index (χ2v) is 8.38. The number of hydrogen-bond donors (Lipinski definition) is 2. The van der Waals surface area contributed by atoms with Gasteiger partial charge in [0.2, 0.25) is 0 Å². The maximum atomic E-state index is 13.6. The molecule has 9 heteroatoms. The maximum absolute atomic E-state index is 13.6. The van der Waals surface area contributed by atoms with Crippen LogP contribution in [-0.2, 0) is 34.0 Å². The normalized spacial score (nSPS) is 20.0. The largest absolute Gasteiger partial charge is 0.462 e. The van der Waals surface area contributed by atoms with Gasteiger partial charge >= 0.3 is 17.9 Å². The molecule has 0 bridgehead atoms. The van der Waals surface area contributed by atoms with Gasteiger partial charge in [0.05, 0.1) is 12.7 Å². The Hall–Kier alpha value is -2.81. The molecule has 0 aromatic heterocycles. The van der Waals surface area contributed by atoms with Gasteiger partial charge in [-0.05, 0) is 45.4 Å². The third-order valence-electron chi connectivity index (χ3n) is 4.98. The molecule has 2 aliphatic heterocycles. The number of benzene rings is 1. The topological polar surface area (TPSA) is 117 Å². The Bertz CT molecular complexity index is 1010. The predicted octanol–water partition coefficient (Wildman–Crippen LogP) is 3.41. The van der Waals surface area contributed by atoms with Gasteiger partial charge in [-0.1, -0.05) is 22.9 Å². The number of carbonyl (C=O) groups is 3. The molecular formula is C22H25BrN2O6. The third-order valence-corrected chi connectivity index (χ3v) is 5.47. The molecule has 1 atom stereocenters. The van der Waals surface area contributed by atoms with E-state index in [0.717, 1.165) is 0 Å². The van der Waals surface area contributed by atoms with Crippen LogP contribution in [0.3, 0.4) is 0 Å². The third kappa shape index (κ3) is 3.71. The first-order valence-corrected chi connectivity index (χ1v) is 10.9. The van der Waals surface area contributed by atoms with E-state index in [1.54, 1.807) is 39.0 Å². The Morgan fingerprint density at radius 3 is 2.55 bits per heavy atom. The molecule has 1 aromatic rings. The number of esters is 3. The minimum Gasteiger partial charge on any atom is -0.462 e. The van der Waals surface area contributed by atoms with Crippen LogP contribution < -0.4 is 11.1 Å². The minimum absolute atomic E-state index is 0.0410. The van der Waals surface area contributed by atoms with E-state index in [-0.39, 0.29) is 29.3 Å². The molecule has 0 saturated heterocycles. The lowest BCUT2D eigenvalue weighted by Gasteiger charge is -2.36. The Kier molecular flexibility index (Phi) is 6.45. The number of allylic oxidation sites excluding steroid dienone is 1. The molecule has 3 rings (SSSR count).